The van der Waals surface area contributed by atoms with E-state index in [-0.39, 0.29) is 12.4 Å². The highest BCUT2D eigenvalue weighted by molar-refractivity contribution is 6.30. The van der Waals surface area contributed by atoms with Crippen molar-refractivity contribution in [1.29, 1.82) is 0 Å². The Balaban J connectivity index is 0.00000132. The van der Waals surface area contributed by atoms with E-state index in [1.165, 1.54) is 37.1 Å². The summed E-state index contributed by atoms with van der Waals surface area (Å²) < 4.78 is 2.18. The molecule has 1 aromatic heterocycles. The van der Waals surface area contributed by atoms with Gasteiger partial charge in [0.05, 0.1) is 12.2 Å². The van der Waals surface area contributed by atoms with Gasteiger partial charge in [-0.2, -0.15) is 5.10 Å². The van der Waals surface area contributed by atoms with Crippen LogP contribution in [0.3, 0.4) is 0 Å². The maximum absolute atomic E-state index is 5.94. The van der Waals surface area contributed by atoms with Crippen LogP contribution in [0.15, 0.2) is 36.7 Å². The molecule has 112 valence electrons. The molecule has 2 aromatic rings. The fourth-order valence-corrected chi connectivity index (χ4v) is 3.67. The average molecular weight is 324 g/mol. The molecular weight excluding hydrogens is 305 g/mol. The van der Waals surface area contributed by atoms with Crippen molar-refractivity contribution in [2.75, 3.05) is 19.6 Å². The smallest absolute Gasteiger partial charge is 0.0675 e. The lowest BCUT2D eigenvalue weighted by molar-refractivity contribution is 0.0513. The normalized spacial score (nSPS) is 27.4. The van der Waals surface area contributed by atoms with Gasteiger partial charge in [0, 0.05) is 23.3 Å². The van der Waals surface area contributed by atoms with Crippen LogP contribution in [0.25, 0.3) is 11.1 Å². The first-order valence-electron chi connectivity index (χ1n) is 7.32. The second-order valence-corrected chi connectivity index (χ2v) is 6.36. The Hall–Kier alpha value is -1.03. The molecule has 3 aliphatic heterocycles. The minimum absolute atomic E-state index is 0. The first-order valence-corrected chi connectivity index (χ1v) is 7.70. The predicted molar refractivity (Wildman–Crippen MR) is 88.1 cm³/mol. The summed E-state index contributed by atoms with van der Waals surface area (Å²) in [6, 6.07) is 8.53. The van der Waals surface area contributed by atoms with Crippen molar-refractivity contribution in [3.8, 4) is 11.1 Å². The number of aromatic nitrogens is 2. The van der Waals surface area contributed by atoms with E-state index in [0.717, 1.165) is 17.5 Å². The molecule has 0 spiro atoms. The van der Waals surface area contributed by atoms with Crippen LogP contribution >= 0.6 is 24.0 Å². The largest absolute Gasteiger partial charge is 0.301 e. The summed E-state index contributed by atoms with van der Waals surface area (Å²) in [4.78, 5) is 2.56. The van der Waals surface area contributed by atoms with Crippen LogP contribution in [0.4, 0.5) is 0 Å². The SMILES string of the molecule is Cl.Clc1ccc(-c2cnn(C3CN4CCC3CC4)c2)cc1. The zero-order chi connectivity index (χ0) is 13.5. The topological polar surface area (TPSA) is 21.1 Å². The summed E-state index contributed by atoms with van der Waals surface area (Å²) in [6.45, 7) is 3.70. The number of halogens is 2. The van der Waals surface area contributed by atoms with Crippen molar-refractivity contribution in [3.63, 3.8) is 0 Å². The molecule has 4 heterocycles. The number of rotatable bonds is 2. The molecule has 0 radical (unpaired) electrons. The summed E-state index contributed by atoms with van der Waals surface area (Å²) in [5.41, 5.74) is 2.36. The first kappa shape index (κ1) is 14.9. The highest BCUT2D eigenvalue weighted by atomic mass is 35.5. The van der Waals surface area contributed by atoms with E-state index in [1.54, 1.807) is 0 Å². The third-order valence-electron chi connectivity index (χ3n) is 4.74. The number of piperidine rings is 3. The number of hydrogen-bond donors (Lipinski definition) is 0. The molecule has 0 N–H and O–H groups in total. The Labute approximate surface area is 136 Å². The maximum Gasteiger partial charge on any atom is 0.0675 e. The highest BCUT2D eigenvalue weighted by Gasteiger charge is 2.35. The number of fused-ring (bicyclic) bond motifs is 3. The van der Waals surface area contributed by atoms with Gasteiger partial charge in [0.25, 0.3) is 0 Å². The highest BCUT2D eigenvalue weighted by Crippen LogP contribution is 2.35. The standard InChI is InChI=1S/C16H18ClN3.ClH/c17-15-3-1-12(2-4-15)14-9-18-20(10-14)16-11-19-7-5-13(16)6-8-19;/h1-4,9-10,13,16H,5-8,11H2;1H. The monoisotopic (exact) mass is 323 g/mol. The third kappa shape index (κ3) is 2.83. The maximum atomic E-state index is 5.94. The molecule has 0 amide bonds. The average Bonchev–Trinajstić information content (AvgIpc) is 2.99. The number of benzene rings is 1. The second kappa shape index (κ2) is 5.99. The van der Waals surface area contributed by atoms with Gasteiger partial charge in [-0.1, -0.05) is 23.7 Å². The van der Waals surface area contributed by atoms with Gasteiger partial charge in [0.2, 0.25) is 0 Å². The van der Waals surface area contributed by atoms with Gasteiger partial charge < -0.3 is 4.90 Å². The van der Waals surface area contributed by atoms with Crippen LogP contribution in [-0.2, 0) is 0 Å². The van der Waals surface area contributed by atoms with E-state index >= 15 is 0 Å². The van der Waals surface area contributed by atoms with Gasteiger partial charge >= 0.3 is 0 Å². The Morgan fingerprint density at radius 2 is 1.76 bits per heavy atom. The Morgan fingerprint density at radius 3 is 2.38 bits per heavy atom. The first-order chi connectivity index (χ1) is 9.79. The van der Waals surface area contributed by atoms with E-state index in [0.29, 0.717) is 6.04 Å². The lowest BCUT2D eigenvalue weighted by Crippen LogP contribution is -2.48. The molecule has 3 nitrogen and oxygen atoms in total. The van der Waals surface area contributed by atoms with Gasteiger partial charge in [0.1, 0.15) is 0 Å². The summed E-state index contributed by atoms with van der Waals surface area (Å²) in [5, 5.41) is 5.39. The van der Waals surface area contributed by atoms with Crippen LogP contribution in [0.2, 0.25) is 5.02 Å². The van der Waals surface area contributed by atoms with E-state index in [4.69, 9.17) is 11.6 Å². The molecule has 0 saturated carbocycles. The zero-order valence-corrected chi connectivity index (χ0v) is 13.4. The molecular formula is C16H19Cl2N3. The summed E-state index contributed by atoms with van der Waals surface area (Å²) in [5.74, 6) is 0.804. The number of hydrogen-bond acceptors (Lipinski definition) is 2. The zero-order valence-electron chi connectivity index (χ0n) is 11.8. The number of nitrogens with zero attached hydrogens (tertiary/aromatic N) is 3. The third-order valence-corrected chi connectivity index (χ3v) is 4.99. The van der Waals surface area contributed by atoms with Gasteiger partial charge in [-0.15, -0.1) is 12.4 Å². The molecule has 3 saturated heterocycles. The van der Waals surface area contributed by atoms with Gasteiger partial charge in [-0.3, -0.25) is 4.68 Å². The predicted octanol–water partition coefficient (Wildman–Crippen LogP) is 3.89. The van der Waals surface area contributed by atoms with Crippen molar-refractivity contribution in [1.82, 2.24) is 14.7 Å². The Kier molecular flexibility index (Phi) is 4.25. The fourth-order valence-electron chi connectivity index (χ4n) is 3.54. The molecule has 3 aliphatic rings. The van der Waals surface area contributed by atoms with Crippen molar-refractivity contribution < 1.29 is 0 Å². The van der Waals surface area contributed by atoms with Crippen molar-refractivity contribution >= 4 is 24.0 Å². The molecule has 5 rings (SSSR count). The van der Waals surface area contributed by atoms with Gasteiger partial charge in [0.15, 0.2) is 0 Å². The van der Waals surface area contributed by atoms with Crippen molar-refractivity contribution in [2.24, 2.45) is 5.92 Å². The van der Waals surface area contributed by atoms with Crippen LogP contribution in [0.1, 0.15) is 18.9 Å². The van der Waals surface area contributed by atoms with Crippen molar-refractivity contribution in [2.45, 2.75) is 18.9 Å². The lowest BCUT2D eigenvalue weighted by atomic mass is 9.84. The minimum atomic E-state index is 0. The van der Waals surface area contributed by atoms with Crippen LogP contribution < -0.4 is 0 Å². The van der Waals surface area contributed by atoms with E-state index in [9.17, 15) is 0 Å². The molecule has 1 unspecified atom stereocenters. The molecule has 1 atom stereocenters. The summed E-state index contributed by atoms with van der Waals surface area (Å²) in [7, 11) is 0. The van der Waals surface area contributed by atoms with E-state index in [2.05, 4.69) is 33.0 Å². The van der Waals surface area contributed by atoms with E-state index < -0.39 is 0 Å². The quantitative estimate of drug-likeness (QED) is 0.836. The van der Waals surface area contributed by atoms with E-state index in [1.807, 2.05) is 18.3 Å². The lowest BCUT2D eigenvalue weighted by Gasteiger charge is -2.44. The molecule has 0 aliphatic carbocycles. The molecule has 2 bridgehead atoms. The second-order valence-electron chi connectivity index (χ2n) is 5.92. The Morgan fingerprint density at radius 1 is 1.05 bits per heavy atom. The summed E-state index contributed by atoms with van der Waals surface area (Å²) >= 11 is 5.94. The summed E-state index contributed by atoms with van der Waals surface area (Å²) in [6.07, 6.45) is 6.80. The Bertz CT molecular complexity index is 600. The van der Waals surface area contributed by atoms with Crippen LogP contribution in [-0.4, -0.2) is 34.3 Å². The van der Waals surface area contributed by atoms with Crippen molar-refractivity contribution in [3.05, 3.63) is 41.7 Å². The van der Waals surface area contributed by atoms with Gasteiger partial charge in [-0.05, 0) is 49.5 Å². The molecule has 3 fully saturated rings. The fraction of sp³-hybridized carbons (Fsp3) is 0.438. The molecule has 5 heteroatoms. The van der Waals surface area contributed by atoms with Crippen LogP contribution in [0.5, 0.6) is 0 Å². The minimum Gasteiger partial charge on any atom is -0.301 e. The van der Waals surface area contributed by atoms with Gasteiger partial charge in [-0.25, -0.2) is 0 Å². The van der Waals surface area contributed by atoms with Crippen LogP contribution in [0, 0.1) is 5.92 Å². The molecule has 1 aromatic carbocycles. The molecule has 21 heavy (non-hydrogen) atoms.